The molecule has 0 bridgehead atoms. The lowest BCUT2D eigenvalue weighted by molar-refractivity contribution is -0.109. The SMILES string of the molecule is N#CC(C=O)CNc1nc(-c2ccsc2)cs1. The molecule has 17 heavy (non-hydrogen) atoms. The Balaban J connectivity index is 2.00. The number of anilines is 1. The Labute approximate surface area is 107 Å². The van der Waals surface area contributed by atoms with Gasteiger partial charge in [-0.15, -0.1) is 11.3 Å². The number of carbonyl (C=O) groups excluding carboxylic acids is 1. The van der Waals surface area contributed by atoms with E-state index in [0.29, 0.717) is 12.8 Å². The Morgan fingerprint density at radius 1 is 1.59 bits per heavy atom. The highest BCUT2D eigenvalue weighted by Crippen LogP contribution is 2.26. The van der Waals surface area contributed by atoms with Gasteiger partial charge in [0.25, 0.3) is 0 Å². The highest BCUT2D eigenvalue weighted by molar-refractivity contribution is 7.14. The molecule has 0 radical (unpaired) electrons. The van der Waals surface area contributed by atoms with Crippen LogP contribution in [-0.2, 0) is 4.79 Å². The van der Waals surface area contributed by atoms with Crippen molar-refractivity contribution >= 4 is 34.1 Å². The maximum Gasteiger partial charge on any atom is 0.183 e. The van der Waals surface area contributed by atoms with E-state index in [4.69, 9.17) is 5.26 Å². The lowest BCUT2D eigenvalue weighted by Gasteiger charge is -2.01. The number of aromatic nitrogens is 1. The molecule has 2 heterocycles. The molecule has 2 aromatic rings. The average molecular weight is 263 g/mol. The Morgan fingerprint density at radius 3 is 3.12 bits per heavy atom. The Morgan fingerprint density at radius 2 is 2.47 bits per heavy atom. The number of carbonyl (C=O) groups is 1. The smallest absolute Gasteiger partial charge is 0.183 e. The largest absolute Gasteiger partial charge is 0.360 e. The molecule has 1 unspecified atom stereocenters. The molecule has 6 heteroatoms. The van der Waals surface area contributed by atoms with Gasteiger partial charge in [-0.2, -0.15) is 16.6 Å². The quantitative estimate of drug-likeness (QED) is 0.842. The summed E-state index contributed by atoms with van der Waals surface area (Å²) in [6.07, 6.45) is 0.639. The first kappa shape index (κ1) is 11.8. The molecule has 2 rings (SSSR count). The van der Waals surface area contributed by atoms with Crippen LogP contribution >= 0.6 is 22.7 Å². The van der Waals surface area contributed by atoms with Crippen LogP contribution in [0.2, 0.25) is 0 Å². The zero-order valence-corrected chi connectivity index (χ0v) is 10.4. The van der Waals surface area contributed by atoms with Crippen molar-refractivity contribution in [2.75, 3.05) is 11.9 Å². The first-order chi connectivity index (χ1) is 8.33. The molecule has 0 spiro atoms. The van der Waals surface area contributed by atoms with Crippen LogP contribution in [0.5, 0.6) is 0 Å². The van der Waals surface area contributed by atoms with Gasteiger partial charge in [-0.3, -0.25) is 0 Å². The van der Waals surface area contributed by atoms with E-state index < -0.39 is 5.92 Å². The second-order valence-corrected chi connectivity index (χ2v) is 4.94. The van der Waals surface area contributed by atoms with E-state index in [1.54, 1.807) is 11.3 Å². The van der Waals surface area contributed by atoms with Gasteiger partial charge in [-0.05, 0) is 11.4 Å². The lowest BCUT2D eigenvalue weighted by atomic mass is 10.2. The van der Waals surface area contributed by atoms with E-state index in [2.05, 4.69) is 10.3 Å². The molecular weight excluding hydrogens is 254 g/mol. The minimum absolute atomic E-state index is 0.302. The van der Waals surface area contributed by atoms with Crippen LogP contribution in [0, 0.1) is 17.2 Å². The van der Waals surface area contributed by atoms with E-state index in [1.807, 2.05) is 28.3 Å². The van der Waals surface area contributed by atoms with Crippen molar-refractivity contribution in [3.05, 3.63) is 22.2 Å². The number of aldehydes is 1. The molecule has 0 aliphatic rings. The highest BCUT2D eigenvalue weighted by Gasteiger charge is 2.08. The molecule has 1 atom stereocenters. The summed E-state index contributed by atoms with van der Waals surface area (Å²) in [6, 6.07) is 3.91. The predicted molar refractivity (Wildman–Crippen MR) is 69.1 cm³/mol. The van der Waals surface area contributed by atoms with E-state index in [0.717, 1.165) is 16.4 Å². The maximum absolute atomic E-state index is 10.5. The molecular formula is C11H9N3OS2. The fourth-order valence-corrected chi connectivity index (χ4v) is 2.60. The number of nitrogens with zero attached hydrogens (tertiary/aromatic N) is 2. The van der Waals surface area contributed by atoms with Gasteiger partial charge in [0.05, 0.1) is 11.8 Å². The first-order valence-corrected chi connectivity index (χ1v) is 6.72. The van der Waals surface area contributed by atoms with Gasteiger partial charge in [0.15, 0.2) is 5.13 Å². The van der Waals surface area contributed by atoms with E-state index in [-0.39, 0.29) is 0 Å². The van der Waals surface area contributed by atoms with Gasteiger partial charge < -0.3 is 10.1 Å². The minimum Gasteiger partial charge on any atom is -0.360 e. The number of hydrogen-bond donors (Lipinski definition) is 1. The second-order valence-electron chi connectivity index (χ2n) is 3.30. The number of nitriles is 1. The van der Waals surface area contributed by atoms with Gasteiger partial charge in [0.2, 0.25) is 0 Å². The molecule has 0 aliphatic heterocycles. The average Bonchev–Trinajstić information content (AvgIpc) is 3.01. The zero-order chi connectivity index (χ0) is 12.1. The van der Waals surface area contributed by atoms with Crippen LogP contribution in [0.25, 0.3) is 11.3 Å². The number of thiazole rings is 1. The fraction of sp³-hybridized carbons (Fsp3) is 0.182. The number of thiophene rings is 1. The number of rotatable bonds is 5. The van der Waals surface area contributed by atoms with Gasteiger partial charge >= 0.3 is 0 Å². The molecule has 0 aromatic carbocycles. The third kappa shape index (κ3) is 2.90. The first-order valence-electron chi connectivity index (χ1n) is 4.90. The van der Waals surface area contributed by atoms with Gasteiger partial charge in [-0.25, -0.2) is 4.98 Å². The molecule has 2 aromatic heterocycles. The second kappa shape index (κ2) is 5.57. The molecule has 0 saturated carbocycles. The van der Waals surface area contributed by atoms with Crippen molar-refractivity contribution < 1.29 is 4.79 Å². The summed E-state index contributed by atoms with van der Waals surface area (Å²) >= 11 is 3.09. The number of hydrogen-bond acceptors (Lipinski definition) is 6. The van der Waals surface area contributed by atoms with Crippen molar-refractivity contribution in [3.8, 4) is 17.3 Å². The summed E-state index contributed by atoms with van der Waals surface area (Å²) in [6.45, 7) is 0.302. The topological polar surface area (TPSA) is 65.8 Å². The predicted octanol–water partition coefficient (Wildman–Crippen LogP) is 2.62. The summed E-state index contributed by atoms with van der Waals surface area (Å²) in [4.78, 5) is 14.9. The molecule has 4 nitrogen and oxygen atoms in total. The van der Waals surface area contributed by atoms with Crippen molar-refractivity contribution in [1.82, 2.24) is 4.98 Å². The highest BCUT2D eigenvalue weighted by atomic mass is 32.1. The van der Waals surface area contributed by atoms with Gasteiger partial charge in [0.1, 0.15) is 12.2 Å². The van der Waals surface area contributed by atoms with Crippen molar-refractivity contribution in [3.63, 3.8) is 0 Å². The minimum atomic E-state index is -0.622. The van der Waals surface area contributed by atoms with Crippen LogP contribution < -0.4 is 5.32 Å². The van der Waals surface area contributed by atoms with E-state index in [1.165, 1.54) is 11.3 Å². The lowest BCUT2D eigenvalue weighted by Crippen LogP contribution is -2.13. The summed E-state index contributed by atoms with van der Waals surface area (Å²) in [5.74, 6) is -0.622. The monoisotopic (exact) mass is 263 g/mol. The van der Waals surface area contributed by atoms with Gasteiger partial charge in [-0.1, -0.05) is 0 Å². The van der Waals surface area contributed by atoms with Crippen molar-refractivity contribution in [2.24, 2.45) is 5.92 Å². The molecule has 0 amide bonds. The Hall–Kier alpha value is -1.71. The van der Waals surface area contributed by atoms with Crippen LogP contribution in [0.3, 0.4) is 0 Å². The fourth-order valence-electron chi connectivity index (χ4n) is 1.22. The normalized spacial score (nSPS) is 11.7. The third-order valence-electron chi connectivity index (χ3n) is 2.12. The van der Waals surface area contributed by atoms with Crippen molar-refractivity contribution in [1.29, 1.82) is 5.26 Å². The van der Waals surface area contributed by atoms with Crippen LogP contribution in [0.4, 0.5) is 5.13 Å². The molecule has 0 saturated heterocycles. The van der Waals surface area contributed by atoms with Crippen molar-refractivity contribution in [2.45, 2.75) is 0 Å². The zero-order valence-electron chi connectivity index (χ0n) is 8.79. The van der Waals surface area contributed by atoms with E-state index in [9.17, 15) is 4.79 Å². The van der Waals surface area contributed by atoms with E-state index >= 15 is 0 Å². The number of nitrogens with one attached hydrogen (secondary N) is 1. The Bertz CT molecular complexity index is 527. The Kier molecular flexibility index (Phi) is 3.85. The maximum atomic E-state index is 10.5. The van der Waals surface area contributed by atoms with Crippen LogP contribution in [-0.4, -0.2) is 17.8 Å². The van der Waals surface area contributed by atoms with Crippen LogP contribution in [0.15, 0.2) is 22.2 Å². The molecule has 0 fully saturated rings. The molecule has 86 valence electrons. The molecule has 1 N–H and O–H groups in total. The summed E-state index contributed by atoms with van der Waals surface area (Å²) in [5, 5.41) is 18.3. The summed E-state index contributed by atoms with van der Waals surface area (Å²) in [7, 11) is 0. The summed E-state index contributed by atoms with van der Waals surface area (Å²) in [5.41, 5.74) is 2.00. The summed E-state index contributed by atoms with van der Waals surface area (Å²) < 4.78 is 0. The molecule has 0 aliphatic carbocycles. The third-order valence-corrected chi connectivity index (χ3v) is 3.61. The standard InChI is InChI=1S/C11H9N3OS2/c12-3-8(5-15)4-13-11-14-10(7-17-11)9-1-2-16-6-9/h1-2,5-8H,4H2,(H,13,14). The van der Waals surface area contributed by atoms with Crippen LogP contribution in [0.1, 0.15) is 0 Å². The van der Waals surface area contributed by atoms with Gasteiger partial charge in [0, 0.05) is 22.9 Å².